The summed E-state index contributed by atoms with van der Waals surface area (Å²) in [6.45, 7) is 15.1. The first-order valence-corrected chi connectivity index (χ1v) is 7.41. The van der Waals surface area contributed by atoms with E-state index in [9.17, 15) is 10.2 Å². The van der Waals surface area contributed by atoms with Crippen molar-refractivity contribution in [2.45, 2.75) is 78.9 Å². The van der Waals surface area contributed by atoms with E-state index in [1.165, 1.54) is 0 Å². The van der Waals surface area contributed by atoms with Gasteiger partial charge in [-0.05, 0) is 58.3 Å². The van der Waals surface area contributed by atoms with Crippen molar-refractivity contribution in [3.63, 3.8) is 0 Å². The first-order chi connectivity index (χ1) is 8.43. The highest BCUT2D eigenvalue weighted by Gasteiger charge is 2.41. The van der Waals surface area contributed by atoms with Crippen LogP contribution in [-0.2, 0) is 4.74 Å². The van der Waals surface area contributed by atoms with Gasteiger partial charge in [0.05, 0.1) is 17.8 Å². The zero-order valence-corrected chi connectivity index (χ0v) is 13.9. The van der Waals surface area contributed by atoms with Gasteiger partial charge in [-0.3, -0.25) is 0 Å². The molecule has 0 aliphatic heterocycles. The minimum atomic E-state index is -0.693. The molecular weight excluding hydrogens is 240 g/mol. The van der Waals surface area contributed by atoms with Gasteiger partial charge in [0.1, 0.15) is 0 Å². The second-order valence-corrected chi connectivity index (χ2v) is 7.55. The van der Waals surface area contributed by atoms with E-state index >= 15 is 0 Å². The molecular formula is C16H34O3. The lowest BCUT2D eigenvalue weighted by Gasteiger charge is -2.45. The zero-order valence-electron chi connectivity index (χ0n) is 13.9. The van der Waals surface area contributed by atoms with Crippen molar-refractivity contribution in [3.8, 4) is 0 Å². The maximum atomic E-state index is 9.75. The summed E-state index contributed by atoms with van der Waals surface area (Å²) in [7, 11) is 0. The topological polar surface area (TPSA) is 49.7 Å². The van der Waals surface area contributed by atoms with Crippen LogP contribution in [0.1, 0.15) is 67.7 Å². The van der Waals surface area contributed by atoms with Gasteiger partial charge in [-0.25, -0.2) is 0 Å². The van der Waals surface area contributed by atoms with Gasteiger partial charge in [0.25, 0.3) is 0 Å². The lowest BCUT2D eigenvalue weighted by atomic mass is 9.68. The summed E-state index contributed by atoms with van der Waals surface area (Å²) in [5, 5.41) is 19.1. The lowest BCUT2D eigenvalue weighted by molar-refractivity contribution is -0.129. The highest BCUT2D eigenvalue weighted by atomic mass is 16.5. The molecule has 0 aromatic heterocycles. The van der Waals surface area contributed by atoms with Crippen LogP contribution in [0.4, 0.5) is 0 Å². The van der Waals surface area contributed by atoms with E-state index < -0.39 is 5.60 Å². The van der Waals surface area contributed by atoms with E-state index in [1.807, 2.05) is 0 Å². The lowest BCUT2D eigenvalue weighted by Crippen LogP contribution is -2.46. The fourth-order valence-electron chi connectivity index (χ4n) is 2.53. The van der Waals surface area contributed by atoms with Crippen LogP contribution in [0.25, 0.3) is 0 Å². The Morgan fingerprint density at radius 1 is 1.00 bits per heavy atom. The predicted octanol–water partition coefficient (Wildman–Crippen LogP) is 3.38. The molecule has 3 nitrogen and oxygen atoms in total. The molecule has 0 aromatic carbocycles. The van der Waals surface area contributed by atoms with Gasteiger partial charge in [-0.1, -0.05) is 20.8 Å². The summed E-state index contributed by atoms with van der Waals surface area (Å²) >= 11 is 0. The number of rotatable bonds is 9. The molecule has 0 saturated heterocycles. The van der Waals surface area contributed by atoms with Crippen LogP contribution >= 0.6 is 0 Å². The van der Waals surface area contributed by atoms with Crippen molar-refractivity contribution in [1.82, 2.24) is 0 Å². The molecule has 0 bridgehead atoms. The molecule has 1 atom stereocenters. The van der Waals surface area contributed by atoms with Gasteiger partial charge in [0, 0.05) is 6.61 Å². The maximum absolute atomic E-state index is 9.75. The van der Waals surface area contributed by atoms with Crippen molar-refractivity contribution in [2.24, 2.45) is 11.3 Å². The molecule has 0 radical (unpaired) electrons. The van der Waals surface area contributed by atoms with Gasteiger partial charge in [0.2, 0.25) is 0 Å². The van der Waals surface area contributed by atoms with E-state index in [2.05, 4.69) is 34.6 Å². The Balaban J connectivity index is 4.69. The van der Waals surface area contributed by atoms with Crippen molar-refractivity contribution in [3.05, 3.63) is 0 Å². The molecule has 0 rings (SSSR count). The minimum Gasteiger partial charge on any atom is -0.396 e. The van der Waals surface area contributed by atoms with Crippen LogP contribution in [0.5, 0.6) is 0 Å². The van der Waals surface area contributed by atoms with E-state index in [0.717, 1.165) is 12.8 Å². The minimum absolute atomic E-state index is 0.0600. The van der Waals surface area contributed by atoms with Gasteiger partial charge in [-0.2, -0.15) is 0 Å². The summed E-state index contributed by atoms with van der Waals surface area (Å²) in [5.41, 5.74) is -1.07. The fraction of sp³-hybridized carbons (Fsp3) is 1.00. The second kappa shape index (κ2) is 7.05. The Labute approximate surface area is 119 Å². The molecule has 2 N–H and O–H groups in total. The summed E-state index contributed by atoms with van der Waals surface area (Å²) in [5.74, 6) is 0.564. The Hall–Kier alpha value is -0.120. The van der Waals surface area contributed by atoms with Crippen molar-refractivity contribution < 1.29 is 14.9 Å². The monoisotopic (exact) mass is 274 g/mol. The van der Waals surface area contributed by atoms with E-state index in [1.54, 1.807) is 13.8 Å². The van der Waals surface area contributed by atoms with Crippen LogP contribution in [0.3, 0.4) is 0 Å². The Kier molecular flexibility index (Phi) is 7.01. The van der Waals surface area contributed by atoms with Crippen LogP contribution in [-0.4, -0.2) is 34.6 Å². The van der Waals surface area contributed by atoms with Crippen LogP contribution in [0.15, 0.2) is 0 Å². The summed E-state index contributed by atoms with van der Waals surface area (Å²) < 4.78 is 6.05. The standard InChI is InChI=1S/C16H34O3/c1-13(2)12-16(7,8-10-17)15(5,6)19-11-9-14(3,4)18/h13,17-18H,8-12H2,1-7H3. The molecule has 116 valence electrons. The van der Waals surface area contributed by atoms with Crippen molar-refractivity contribution >= 4 is 0 Å². The van der Waals surface area contributed by atoms with Crippen LogP contribution < -0.4 is 0 Å². The average molecular weight is 274 g/mol. The average Bonchev–Trinajstić information content (AvgIpc) is 2.13. The number of hydrogen-bond donors (Lipinski definition) is 2. The third kappa shape index (κ3) is 6.73. The van der Waals surface area contributed by atoms with Crippen LogP contribution in [0, 0.1) is 11.3 Å². The number of aliphatic hydroxyl groups is 2. The third-order valence-electron chi connectivity index (χ3n) is 4.15. The largest absolute Gasteiger partial charge is 0.396 e. The maximum Gasteiger partial charge on any atom is 0.0680 e. The Bertz CT molecular complexity index is 253. The van der Waals surface area contributed by atoms with Gasteiger partial charge in [-0.15, -0.1) is 0 Å². The van der Waals surface area contributed by atoms with Crippen LogP contribution in [0.2, 0.25) is 0 Å². The molecule has 0 aliphatic rings. The fourth-order valence-corrected chi connectivity index (χ4v) is 2.53. The molecule has 0 amide bonds. The van der Waals surface area contributed by atoms with E-state index in [-0.39, 0.29) is 17.6 Å². The number of hydrogen-bond acceptors (Lipinski definition) is 3. The zero-order chi connectivity index (χ0) is 15.3. The molecule has 0 saturated carbocycles. The molecule has 0 aliphatic carbocycles. The molecule has 1 unspecified atom stereocenters. The summed E-state index contributed by atoms with van der Waals surface area (Å²) in [4.78, 5) is 0. The normalized spacial score (nSPS) is 16.7. The molecule has 3 heteroatoms. The molecule has 0 fully saturated rings. The highest BCUT2D eigenvalue weighted by molar-refractivity contribution is 4.92. The van der Waals surface area contributed by atoms with Gasteiger partial charge in [0.15, 0.2) is 0 Å². The van der Waals surface area contributed by atoms with Crippen molar-refractivity contribution in [1.29, 1.82) is 0 Å². The Morgan fingerprint density at radius 3 is 1.89 bits per heavy atom. The third-order valence-corrected chi connectivity index (χ3v) is 4.15. The number of aliphatic hydroxyl groups excluding tert-OH is 1. The van der Waals surface area contributed by atoms with Gasteiger partial charge < -0.3 is 14.9 Å². The van der Waals surface area contributed by atoms with Crippen molar-refractivity contribution in [2.75, 3.05) is 13.2 Å². The summed E-state index contributed by atoms with van der Waals surface area (Å²) in [6, 6.07) is 0. The molecule has 0 aromatic rings. The number of ether oxygens (including phenoxy) is 1. The first kappa shape index (κ1) is 18.9. The van der Waals surface area contributed by atoms with E-state index in [0.29, 0.717) is 18.9 Å². The smallest absolute Gasteiger partial charge is 0.0680 e. The molecule has 0 spiro atoms. The second-order valence-electron chi connectivity index (χ2n) is 7.55. The van der Waals surface area contributed by atoms with E-state index in [4.69, 9.17) is 4.74 Å². The predicted molar refractivity (Wildman–Crippen MR) is 80.2 cm³/mol. The Morgan fingerprint density at radius 2 is 1.53 bits per heavy atom. The SMILES string of the molecule is CC(C)CC(C)(CCO)C(C)(C)OCCC(C)(C)O. The first-order valence-electron chi connectivity index (χ1n) is 7.41. The molecule has 19 heavy (non-hydrogen) atoms. The summed E-state index contributed by atoms with van der Waals surface area (Å²) in [6.07, 6.45) is 2.37. The van der Waals surface area contributed by atoms with Gasteiger partial charge >= 0.3 is 0 Å². The quantitative estimate of drug-likeness (QED) is 0.677. The highest BCUT2D eigenvalue weighted by Crippen LogP contribution is 2.42. The molecule has 0 heterocycles.